The zero-order valence-corrected chi connectivity index (χ0v) is 9.93. The van der Waals surface area contributed by atoms with E-state index in [4.69, 9.17) is 4.74 Å². The maximum Gasteiger partial charge on any atom is 0.157 e. The van der Waals surface area contributed by atoms with Crippen molar-refractivity contribution in [1.82, 2.24) is 4.90 Å². The summed E-state index contributed by atoms with van der Waals surface area (Å²) >= 11 is 0. The fourth-order valence-corrected chi connectivity index (χ4v) is 2.06. The number of ether oxygens (including phenoxy) is 1. The van der Waals surface area contributed by atoms with Gasteiger partial charge in [0, 0.05) is 13.1 Å². The molecule has 4 nitrogen and oxygen atoms in total. The van der Waals surface area contributed by atoms with Crippen LogP contribution in [0.2, 0.25) is 0 Å². The molecule has 1 heterocycles. The lowest BCUT2D eigenvalue weighted by Crippen LogP contribution is -2.36. The molecule has 1 aromatic rings. The summed E-state index contributed by atoms with van der Waals surface area (Å²) in [6.45, 7) is 4.76. The molecule has 2 rings (SSSR count). The number of phenols is 2. The van der Waals surface area contributed by atoms with Crippen molar-refractivity contribution in [3.8, 4) is 11.5 Å². The fraction of sp³-hybridized carbons (Fsp3) is 0.538. The van der Waals surface area contributed by atoms with Crippen molar-refractivity contribution in [2.75, 3.05) is 32.8 Å². The Hall–Kier alpha value is -1.26. The first-order valence-corrected chi connectivity index (χ1v) is 6.06. The van der Waals surface area contributed by atoms with E-state index in [9.17, 15) is 10.2 Å². The van der Waals surface area contributed by atoms with Crippen molar-refractivity contribution in [3.63, 3.8) is 0 Å². The maximum absolute atomic E-state index is 9.37. The van der Waals surface area contributed by atoms with E-state index in [-0.39, 0.29) is 11.5 Å². The zero-order valence-electron chi connectivity index (χ0n) is 9.93. The van der Waals surface area contributed by atoms with Crippen molar-refractivity contribution in [3.05, 3.63) is 23.8 Å². The van der Waals surface area contributed by atoms with E-state index >= 15 is 0 Å². The molecule has 0 spiro atoms. The van der Waals surface area contributed by atoms with Gasteiger partial charge < -0.3 is 14.9 Å². The molecule has 1 aromatic carbocycles. The molecule has 1 aliphatic rings. The normalized spacial score (nSPS) is 17.2. The predicted octanol–water partition coefficient (Wildman–Crippen LogP) is 1.36. The molecule has 2 N–H and O–H groups in total. The van der Waals surface area contributed by atoms with Gasteiger partial charge in [-0.05, 0) is 37.1 Å². The van der Waals surface area contributed by atoms with Gasteiger partial charge in [-0.2, -0.15) is 0 Å². The average molecular weight is 237 g/mol. The molecule has 1 saturated heterocycles. The molecule has 94 valence electrons. The van der Waals surface area contributed by atoms with Crippen LogP contribution >= 0.6 is 0 Å². The molecule has 0 aromatic heterocycles. The van der Waals surface area contributed by atoms with Gasteiger partial charge in [0.2, 0.25) is 0 Å². The summed E-state index contributed by atoms with van der Waals surface area (Å²) in [6, 6.07) is 5.03. The number of benzene rings is 1. The smallest absolute Gasteiger partial charge is 0.157 e. The third-order valence-electron chi connectivity index (χ3n) is 3.08. The largest absolute Gasteiger partial charge is 0.504 e. The van der Waals surface area contributed by atoms with E-state index in [2.05, 4.69) is 4.90 Å². The van der Waals surface area contributed by atoms with Crippen LogP contribution in [-0.4, -0.2) is 48.0 Å². The molecule has 0 bridgehead atoms. The minimum atomic E-state index is -0.0538. The summed E-state index contributed by atoms with van der Waals surface area (Å²) in [6.07, 6.45) is 1.98. The molecular formula is C13H19NO3. The van der Waals surface area contributed by atoms with Crippen LogP contribution in [0.15, 0.2) is 18.2 Å². The Balaban J connectivity index is 1.75. The van der Waals surface area contributed by atoms with Gasteiger partial charge in [-0.1, -0.05) is 6.07 Å². The third kappa shape index (κ3) is 3.61. The highest BCUT2D eigenvalue weighted by atomic mass is 16.5. The first-order valence-electron chi connectivity index (χ1n) is 6.06. The lowest BCUT2D eigenvalue weighted by Gasteiger charge is -2.26. The fourth-order valence-electron chi connectivity index (χ4n) is 2.06. The standard InChI is InChI=1S/C13H19NO3/c15-12-4-3-11(10-13(12)16)2-1-5-14-6-8-17-9-7-14/h3-4,10,15-16H,1-2,5-9H2. The zero-order chi connectivity index (χ0) is 12.1. The highest BCUT2D eigenvalue weighted by Crippen LogP contribution is 2.25. The molecule has 0 unspecified atom stereocenters. The first kappa shape index (κ1) is 12.2. The number of rotatable bonds is 4. The second kappa shape index (κ2) is 5.89. The molecule has 0 aliphatic carbocycles. The third-order valence-corrected chi connectivity index (χ3v) is 3.08. The minimum Gasteiger partial charge on any atom is -0.504 e. The highest BCUT2D eigenvalue weighted by Gasteiger charge is 2.09. The van der Waals surface area contributed by atoms with Gasteiger partial charge in [-0.3, -0.25) is 4.90 Å². The van der Waals surface area contributed by atoms with Gasteiger partial charge in [0.25, 0.3) is 0 Å². The summed E-state index contributed by atoms with van der Waals surface area (Å²) in [5.74, 6) is -0.0872. The van der Waals surface area contributed by atoms with Crippen molar-refractivity contribution >= 4 is 0 Å². The van der Waals surface area contributed by atoms with E-state index in [0.717, 1.165) is 51.3 Å². The van der Waals surface area contributed by atoms with Crippen LogP contribution in [0.1, 0.15) is 12.0 Å². The molecule has 0 amide bonds. The van der Waals surface area contributed by atoms with E-state index in [0.29, 0.717) is 0 Å². The van der Waals surface area contributed by atoms with Crippen LogP contribution in [0.4, 0.5) is 0 Å². The van der Waals surface area contributed by atoms with Gasteiger partial charge >= 0.3 is 0 Å². The lowest BCUT2D eigenvalue weighted by atomic mass is 10.1. The number of morpholine rings is 1. The summed E-state index contributed by atoms with van der Waals surface area (Å²) in [5.41, 5.74) is 1.06. The van der Waals surface area contributed by atoms with E-state index in [1.807, 2.05) is 6.07 Å². The van der Waals surface area contributed by atoms with Gasteiger partial charge in [-0.25, -0.2) is 0 Å². The second-order valence-electron chi connectivity index (χ2n) is 4.38. The first-order chi connectivity index (χ1) is 8.25. The van der Waals surface area contributed by atoms with Gasteiger partial charge in [-0.15, -0.1) is 0 Å². The van der Waals surface area contributed by atoms with E-state index in [1.54, 1.807) is 12.1 Å². The highest BCUT2D eigenvalue weighted by molar-refractivity contribution is 5.40. The van der Waals surface area contributed by atoms with Crippen LogP contribution in [-0.2, 0) is 11.2 Å². The Bertz CT molecular complexity index is 362. The van der Waals surface area contributed by atoms with E-state index < -0.39 is 0 Å². The Morgan fingerprint density at radius 1 is 1.12 bits per heavy atom. The van der Waals surface area contributed by atoms with Crippen molar-refractivity contribution < 1.29 is 14.9 Å². The average Bonchev–Trinajstić information content (AvgIpc) is 2.35. The Labute approximate surface area is 101 Å². The van der Waals surface area contributed by atoms with Crippen LogP contribution < -0.4 is 0 Å². The van der Waals surface area contributed by atoms with Crippen LogP contribution in [0.5, 0.6) is 11.5 Å². The van der Waals surface area contributed by atoms with Crippen LogP contribution in [0, 0.1) is 0 Å². The predicted molar refractivity (Wildman–Crippen MR) is 65.4 cm³/mol. The molecule has 4 heteroatoms. The molecular weight excluding hydrogens is 218 g/mol. The summed E-state index contributed by atoms with van der Waals surface area (Å²) in [4.78, 5) is 2.39. The number of hydrogen-bond acceptors (Lipinski definition) is 4. The Morgan fingerprint density at radius 3 is 2.59 bits per heavy atom. The molecule has 0 atom stereocenters. The quantitative estimate of drug-likeness (QED) is 0.776. The number of phenolic OH excluding ortho intramolecular Hbond substituents is 2. The maximum atomic E-state index is 9.37. The molecule has 17 heavy (non-hydrogen) atoms. The summed E-state index contributed by atoms with van der Waals surface area (Å²) < 4.78 is 5.29. The van der Waals surface area contributed by atoms with E-state index in [1.165, 1.54) is 0 Å². The SMILES string of the molecule is Oc1ccc(CCCN2CCOCC2)cc1O. The molecule has 0 radical (unpaired) electrons. The Kier molecular flexibility index (Phi) is 4.23. The van der Waals surface area contributed by atoms with Gasteiger partial charge in [0.1, 0.15) is 0 Å². The van der Waals surface area contributed by atoms with Gasteiger partial charge in [0.15, 0.2) is 11.5 Å². The number of hydrogen-bond donors (Lipinski definition) is 2. The number of nitrogens with zero attached hydrogens (tertiary/aromatic N) is 1. The number of aryl methyl sites for hydroxylation is 1. The topological polar surface area (TPSA) is 52.9 Å². The minimum absolute atomic E-state index is 0.0335. The van der Waals surface area contributed by atoms with Crippen LogP contribution in [0.25, 0.3) is 0 Å². The van der Waals surface area contributed by atoms with Gasteiger partial charge in [0.05, 0.1) is 13.2 Å². The van der Waals surface area contributed by atoms with Crippen molar-refractivity contribution in [1.29, 1.82) is 0 Å². The molecule has 1 fully saturated rings. The number of aromatic hydroxyl groups is 2. The Morgan fingerprint density at radius 2 is 1.88 bits per heavy atom. The van der Waals surface area contributed by atoms with Crippen LogP contribution in [0.3, 0.4) is 0 Å². The van der Waals surface area contributed by atoms with Crippen molar-refractivity contribution in [2.45, 2.75) is 12.8 Å². The molecule has 1 aliphatic heterocycles. The lowest BCUT2D eigenvalue weighted by molar-refractivity contribution is 0.0374. The monoisotopic (exact) mass is 237 g/mol. The summed E-state index contributed by atoms with van der Waals surface area (Å²) in [7, 11) is 0. The van der Waals surface area contributed by atoms with Crippen molar-refractivity contribution in [2.24, 2.45) is 0 Å². The molecule has 0 saturated carbocycles. The summed E-state index contributed by atoms with van der Waals surface area (Å²) in [5, 5.41) is 18.6. The second-order valence-corrected chi connectivity index (χ2v) is 4.38.